The molecule has 1 aromatic carbocycles. The monoisotopic (exact) mass is 205 g/mol. The van der Waals surface area contributed by atoms with E-state index < -0.39 is 0 Å². The second-order valence-corrected chi connectivity index (χ2v) is 3.69. The van der Waals surface area contributed by atoms with E-state index in [0.717, 1.165) is 10.7 Å². The Morgan fingerprint density at radius 2 is 2.00 bits per heavy atom. The number of hydrogen-bond acceptors (Lipinski definition) is 3. The summed E-state index contributed by atoms with van der Waals surface area (Å²) < 4.78 is 1.85. The van der Waals surface area contributed by atoms with Crippen LogP contribution in [0.2, 0.25) is 0 Å². The highest BCUT2D eigenvalue weighted by molar-refractivity contribution is 7.98. The molecule has 0 aliphatic heterocycles. The summed E-state index contributed by atoms with van der Waals surface area (Å²) >= 11 is 1.63. The van der Waals surface area contributed by atoms with Gasteiger partial charge in [0.25, 0.3) is 0 Å². The molecule has 1 heterocycles. The third-order valence-corrected chi connectivity index (χ3v) is 2.61. The number of benzene rings is 1. The van der Waals surface area contributed by atoms with Gasteiger partial charge in [0.05, 0.1) is 5.69 Å². The van der Waals surface area contributed by atoms with E-state index in [1.54, 1.807) is 11.8 Å². The van der Waals surface area contributed by atoms with Gasteiger partial charge in [0, 0.05) is 6.07 Å². The van der Waals surface area contributed by atoms with Crippen molar-refractivity contribution in [3.63, 3.8) is 0 Å². The summed E-state index contributed by atoms with van der Waals surface area (Å²) in [4.78, 5) is 0. The molecule has 0 atom stereocenters. The van der Waals surface area contributed by atoms with Crippen LogP contribution < -0.4 is 5.73 Å². The standard InChI is InChI=1S/C10H11N3S/c1-14-10-7-9(11)12-13(10)8-5-3-2-4-6-8/h2-7H,1H3,(H2,11,12). The largest absolute Gasteiger partial charge is 0.382 e. The normalized spacial score (nSPS) is 10.4. The minimum absolute atomic E-state index is 0.554. The van der Waals surface area contributed by atoms with Gasteiger partial charge in [0.2, 0.25) is 0 Å². The minimum Gasteiger partial charge on any atom is -0.382 e. The SMILES string of the molecule is CSc1cc(N)nn1-c1ccccc1. The van der Waals surface area contributed by atoms with E-state index in [1.807, 2.05) is 47.3 Å². The van der Waals surface area contributed by atoms with Crippen molar-refractivity contribution in [2.24, 2.45) is 0 Å². The van der Waals surface area contributed by atoms with Crippen molar-refractivity contribution in [1.29, 1.82) is 0 Å². The maximum absolute atomic E-state index is 5.65. The maximum Gasteiger partial charge on any atom is 0.147 e. The van der Waals surface area contributed by atoms with Crippen LogP contribution in [0.3, 0.4) is 0 Å². The Labute approximate surface area is 86.9 Å². The highest BCUT2D eigenvalue weighted by Crippen LogP contribution is 2.21. The van der Waals surface area contributed by atoms with Crippen molar-refractivity contribution in [3.8, 4) is 5.69 Å². The van der Waals surface area contributed by atoms with Crippen LogP contribution in [-0.4, -0.2) is 16.0 Å². The van der Waals surface area contributed by atoms with Gasteiger partial charge in [-0.15, -0.1) is 16.9 Å². The number of hydrogen-bond donors (Lipinski definition) is 1. The van der Waals surface area contributed by atoms with Crippen LogP contribution in [0, 0.1) is 0 Å². The first kappa shape index (κ1) is 9.15. The Kier molecular flexibility index (Phi) is 2.45. The smallest absolute Gasteiger partial charge is 0.147 e. The van der Waals surface area contributed by atoms with Gasteiger partial charge in [-0.3, -0.25) is 0 Å². The van der Waals surface area contributed by atoms with Crippen molar-refractivity contribution in [2.45, 2.75) is 5.03 Å². The third kappa shape index (κ3) is 1.61. The molecule has 3 nitrogen and oxygen atoms in total. The molecule has 0 saturated heterocycles. The molecule has 0 unspecified atom stereocenters. The molecule has 0 fully saturated rings. The summed E-state index contributed by atoms with van der Waals surface area (Å²) in [7, 11) is 0. The van der Waals surface area contributed by atoms with Crippen molar-refractivity contribution in [3.05, 3.63) is 36.4 Å². The second kappa shape index (κ2) is 3.75. The van der Waals surface area contributed by atoms with Gasteiger partial charge >= 0.3 is 0 Å². The van der Waals surface area contributed by atoms with E-state index in [0.29, 0.717) is 5.82 Å². The molecule has 1 aromatic heterocycles. The van der Waals surface area contributed by atoms with E-state index in [9.17, 15) is 0 Å². The molecule has 72 valence electrons. The van der Waals surface area contributed by atoms with Crippen LogP contribution >= 0.6 is 11.8 Å². The molecule has 0 saturated carbocycles. The number of rotatable bonds is 2. The average molecular weight is 205 g/mol. The highest BCUT2D eigenvalue weighted by atomic mass is 32.2. The van der Waals surface area contributed by atoms with E-state index in [2.05, 4.69) is 5.10 Å². The molecule has 2 N–H and O–H groups in total. The lowest BCUT2D eigenvalue weighted by Crippen LogP contribution is -1.98. The number of nitrogens with zero attached hydrogens (tertiary/aromatic N) is 2. The van der Waals surface area contributed by atoms with Gasteiger partial charge in [0.15, 0.2) is 0 Å². The van der Waals surface area contributed by atoms with Gasteiger partial charge in [-0.25, -0.2) is 4.68 Å². The Bertz CT molecular complexity index is 422. The number of para-hydroxylation sites is 1. The summed E-state index contributed by atoms with van der Waals surface area (Å²) in [6.07, 6.45) is 2.01. The summed E-state index contributed by atoms with van der Waals surface area (Å²) in [5.74, 6) is 0.554. The lowest BCUT2D eigenvalue weighted by molar-refractivity contribution is 0.808. The fraction of sp³-hybridized carbons (Fsp3) is 0.100. The minimum atomic E-state index is 0.554. The van der Waals surface area contributed by atoms with Crippen LogP contribution in [0.5, 0.6) is 0 Å². The summed E-state index contributed by atoms with van der Waals surface area (Å²) in [6, 6.07) is 11.8. The first-order valence-electron chi connectivity index (χ1n) is 4.26. The summed E-state index contributed by atoms with van der Waals surface area (Å²) in [5.41, 5.74) is 6.68. The van der Waals surface area contributed by atoms with Crippen LogP contribution in [-0.2, 0) is 0 Å². The van der Waals surface area contributed by atoms with Crippen molar-refractivity contribution < 1.29 is 0 Å². The van der Waals surface area contributed by atoms with Crippen molar-refractivity contribution in [2.75, 3.05) is 12.0 Å². The number of aromatic nitrogens is 2. The second-order valence-electron chi connectivity index (χ2n) is 2.86. The van der Waals surface area contributed by atoms with Crippen LogP contribution in [0.25, 0.3) is 5.69 Å². The Morgan fingerprint density at radius 1 is 1.29 bits per heavy atom. The molecular formula is C10H11N3S. The van der Waals surface area contributed by atoms with Gasteiger partial charge in [-0.2, -0.15) is 0 Å². The molecule has 0 aliphatic rings. The Balaban J connectivity index is 2.51. The Morgan fingerprint density at radius 3 is 2.64 bits per heavy atom. The van der Waals surface area contributed by atoms with Crippen molar-refractivity contribution in [1.82, 2.24) is 9.78 Å². The van der Waals surface area contributed by atoms with E-state index in [1.165, 1.54) is 0 Å². The molecule has 4 heteroatoms. The predicted molar refractivity (Wildman–Crippen MR) is 59.8 cm³/mol. The highest BCUT2D eigenvalue weighted by Gasteiger charge is 2.05. The summed E-state index contributed by atoms with van der Waals surface area (Å²) in [6.45, 7) is 0. The lowest BCUT2D eigenvalue weighted by Gasteiger charge is -2.03. The van der Waals surface area contributed by atoms with Crippen LogP contribution in [0.1, 0.15) is 0 Å². The zero-order chi connectivity index (χ0) is 9.97. The molecule has 0 spiro atoms. The van der Waals surface area contributed by atoms with Crippen LogP contribution in [0.4, 0.5) is 5.82 Å². The van der Waals surface area contributed by atoms with Gasteiger partial charge in [-0.05, 0) is 18.4 Å². The van der Waals surface area contributed by atoms with E-state index in [-0.39, 0.29) is 0 Å². The first-order chi connectivity index (χ1) is 6.81. The topological polar surface area (TPSA) is 43.8 Å². The lowest BCUT2D eigenvalue weighted by atomic mass is 10.3. The molecule has 0 bridgehead atoms. The molecule has 2 aromatic rings. The predicted octanol–water partition coefficient (Wildman–Crippen LogP) is 2.18. The zero-order valence-corrected chi connectivity index (χ0v) is 8.66. The number of nitrogens with two attached hydrogens (primary N) is 1. The van der Waals surface area contributed by atoms with Gasteiger partial charge < -0.3 is 5.73 Å². The number of nitrogen functional groups attached to an aromatic ring is 1. The Hall–Kier alpha value is -1.42. The number of anilines is 1. The molecule has 0 radical (unpaired) electrons. The molecule has 14 heavy (non-hydrogen) atoms. The third-order valence-electron chi connectivity index (χ3n) is 1.91. The average Bonchev–Trinajstić information content (AvgIpc) is 2.61. The number of thioether (sulfide) groups is 1. The van der Waals surface area contributed by atoms with Crippen LogP contribution in [0.15, 0.2) is 41.4 Å². The summed E-state index contributed by atoms with van der Waals surface area (Å²) in [5, 5.41) is 5.28. The first-order valence-corrected chi connectivity index (χ1v) is 5.48. The fourth-order valence-corrected chi connectivity index (χ4v) is 1.84. The molecule has 0 aliphatic carbocycles. The van der Waals surface area contributed by atoms with Gasteiger partial charge in [0.1, 0.15) is 10.8 Å². The van der Waals surface area contributed by atoms with Crippen molar-refractivity contribution >= 4 is 17.6 Å². The quantitative estimate of drug-likeness (QED) is 0.764. The molecule has 0 amide bonds. The van der Waals surface area contributed by atoms with E-state index >= 15 is 0 Å². The van der Waals surface area contributed by atoms with Gasteiger partial charge in [-0.1, -0.05) is 18.2 Å². The zero-order valence-electron chi connectivity index (χ0n) is 7.84. The molecule has 2 rings (SSSR count). The fourth-order valence-electron chi connectivity index (χ4n) is 1.28. The molecular weight excluding hydrogens is 194 g/mol. The van der Waals surface area contributed by atoms with E-state index in [4.69, 9.17) is 5.73 Å². The maximum atomic E-state index is 5.65.